The Kier molecular flexibility index (Phi) is 11.2. The summed E-state index contributed by atoms with van der Waals surface area (Å²) in [6.07, 6.45) is 2.67. The first-order valence-corrected chi connectivity index (χ1v) is 13.6. The van der Waals surface area contributed by atoms with Crippen molar-refractivity contribution in [1.29, 1.82) is 0 Å². The zero-order valence-electron chi connectivity index (χ0n) is 19.7. The van der Waals surface area contributed by atoms with Crippen LogP contribution in [0.5, 0.6) is 23.0 Å². The average Bonchev–Trinajstić information content (AvgIpc) is 2.71. The molecular weight excluding hydrogens is 508 g/mol. The van der Waals surface area contributed by atoms with Crippen molar-refractivity contribution in [3.63, 3.8) is 0 Å². The number of methoxy groups -OCH3 is 2. The van der Waals surface area contributed by atoms with Crippen LogP contribution < -0.4 is 23.1 Å². The van der Waals surface area contributed by atoms with Crippen LogP contribution in [0, 0.1) is 0 Å². The van der Waals surface area contributed by atoms with E-state index in [1.54, 1.807) is 14.2 Å². The topological polar surface area (TPSA) is 120 Å². The van der Waals surface area contributed by atoms with Crippen LogP contribution in [0.3, 0.4) is 0 Å². The molecule has 0 saturated heterocycles. The number of ether oxygens (including phenoxy) is 3. The van der Waals surface area contributed by atoms with Gasteiger partial charge in [-0.1, -0.05) is 6.07 Å². The van der Waals surface area contributed by atoms with E-state index in [9.17, 15) is 16.8 Å². The molecule has 0 heterocycles. The number of anilines is 1. The first kappa shape index (κ1) is 29.6. The number of hydrogen-bond donors (Lipinski definition) is 1. The maximum Gasteiger partial charge on any atom is 0.306 e. The Morgan fingerprint density at radius 1 is 0.853 bits per heavy atom. The van der Waals surface area contributed by atoms with Crippen LogP contribution in [-0.2, 0) is 26.6 Å². The predicted molar refractivity (Wildman–Crippen MR) is 134 cm³/mol. The van der Waals surface area contributed by atoms with Gasteiger partial charge in [0.25, 0.3) is 0 Å². The lowest BCUT2D eigenvalue weighted by atomic mass is 10.1. The lowest BCUT2D eigenvalue weighted by Gasteiger charge is -2.18. The van der Waals surface area contributed by atoms with E-state index in [2.05, 4.69) is 9.62 Å². The normalized spacial score (nSPS) is 11.5. The molecular formula is C21H31ClN2O8S2. The number of hydrogen-bond acceptors (Lipinski definition) is 9. The first-order chi connectivity index (χ1) is 15.4. The number of likely N-dealkylation sites (N-methyl/N-ethyl adjacent to an activating group) is 1. The fourth-order valence-corrected chi connectivity index (χ4v) is 3.92. The van der Waals surface area contributed by atoms with Gasteiger partial charge in [-0.05, 0) is 43.3 Å². The number of sulfonamides is 1. The van der Waals surface area contributed by atoms with Gasteiger partial charge in [-0.3, -0.25) is 4.72 Å². The van der Waals surface area contributed by atoms with E-state index >= 15 is 0 Å². The molecule has 0 spiro atoms. The van der Waals surface area contributed by atoms with E-state index in [-0.39, 0.29) is 36.2 Å². The zero-order valence-corrected chi connectivity index (χ0v) is 22.2. The average molecular weight is 539 g/mol. The van der Waals surface area contributed by atoms with Gasteiger partial charge in [-0.25, -0.2) is 8.42 Å². The van der Waals surface area contributed by atoms with Crippen LogP contribution in [-0.4, -0.2) is 75.2 Å². The number of nitrogens with one attached hydrogen (secondary N) is 1. The lowest BCUT2D eigenvalue weighted by Crippen LogP contribution is -2.26. The van der Waals surface area contributed by atoms with E-state index in [1.165, 1.54) is 18.2 Å². The highest BCUT2D eigenvalue weighted by atomic mass is 35.5. The number of nitrogens with zero attached hydrogens (tertiary/aromatic N) is 1. The molecule has 0 aromatic heterocycles. The van der Waals surface area contributed by atoms with Gasteiger partial charge in [0.1, 0.15) is 6.61 Å². The van der Waals surface area contributed by atoms with Crippen molar-refractivity contribution in [2.75, 3.05) is 58.2 Å². The number of benzene rings is 2. The summed E-state index contributed by atoms with van der Waals surface area (Å²) in [4.78, 5) is 2.06. The molecule has 13 heteroatoms. The van der Waals surface area contributed by atoms with Crippen molar-refractivity contribution in [3.8, 4) is 23.0 Å². The molecule has 1 N–H and O–H groups in total. The Bertz CT molecular complexity index is 1160. The molecule has 0 aliphatic carbocycles. The summed E-state index contributed by atoms with van der Waals surface area (Å²) in [7, 11) is -2.25. The zero-order chi connectivity index (χ0) is 24.6. The fourth-order valence-electron chi connectivity index (χ4n) is 2.91. The van der Waals surface area contributed by atoms with Crippen LogP contribution in [0.2, 0.25) is 0 Å². The summed E-state index contributed by atoms with van der Waals surface area (Å²) in [6, 6.07) is 9.96. The minimum atomic E-state index is -3.84. The van der Waals surface area contributed by atoms with E-state index in [0.717, 1.165) is 31.0 Å². The molecule has 0 atom stereocenters. The van der Waals surface area contributed by atoms with Gasteiger partial charge in [0.2, 0.25) is 10.0 Å². The Labute approximate surface area is 207 Å². The molecule has 2 aromatic carbocycles. The molecule has 0 amide bonds. The number of halogens is 1. The third-order valence-electron chi connectivity index (χ3n) is 4.45. The van der Waals surface area contributed by atoms with Crippen molar-refractivity contribution in [1.82, 2.24) is 4.90 Å². The third kappa shape index (κ3) is 10.2. The highest BCUT2D eigenvalue weighted by molar-refractivity contribution is 7.92. The molecule has 0 bridgehead atoms. The smallest absolute Gasteiger partial charge is 0.306 e. The highest BCUT2D eigenvalue weighted by Gasteiger charge is 2.14. The summed E-state index contributed by atoms with van der Waals surface area (Å²) in [5.41, 5.74) is 1.26. The SMILES string of the molecule is COc1ccc(CCN(C)CCOc2ccc(NS(C)(=O)=O)cc2OS(C)(=O)=O)cc1OC.Cl. The van der Waals surface area contributed by atoms with Crippen molar-refractivity contribution >= 4 is 38.2 Å². The Morgan fingerprint density at radius 3 is 2.09 bits per heavy atom. The second kappa shape index (κ2) is 12.9. The van der Waals surface area contributed by atoms with Crippen LogP contribution in [0.4, 0.5) is 5.69 Å². The second-order valence-electron chi connectivity index (χ2n) is 7.41. The molecule has 0 aliphatic rings. The predicted octanol–water partition coefficient (Wildman–Crippen LogP) is 2.39. The minimum absolute atomic E-state index is 0. The van der Waals surface area contributed by atoms with Crippen LogP contribution >= 0.6 is 12.4 Å². The Balaban J connectivity index is 0.00000578. The highest BCUT2D eigenvalue weighted by Crippen LogP contribution is 2.32. The van der Waals surface area contributed by atoms with E-state index in [0.29, 0.717) is 18.0 Å². The van der Waals surface area contributed by atoms with Crippen LogP contribution in [0.25, 0.3) is 0 Å². The van der Waals surface area contributed by atoms with Crippen molar-refractivity contribution in [2.45, 2.75) is 6.42 Å². The van der Waals surface area contributed by atoms with Crippen molar-refractivity contribution < 1.29 is 35.2 Å². The van der Waals surface area contributed by atoms with Gasteiger partial charge >= 0.3 is 10.1 Å². The van der Waals surface area contributed by atoms with Gasteiger partial charge < -0.3 is 23.3 Å². The summed E-state index contributed by atoms with van der Waals surface area (Å²) >= 11 is 0. The monoisotopic (exact) mass is 538 g/mol. The van der Waals surface area contributed by atoms with Gasteiger partial charge in [-0.2, -0.15) is 8.42 Å². The summed E-state index contributed by atoms with van der Waals surface area (Å²) in [6.45, 7) is 1.58. The van der Waals surface area contributed by atoms with Crippen molar-refractivity contribution in [2.24, 2.45) is 0 Å². The van der Waals surface area contributed by atoms with Gasteiger partial charge in [0.15, 0.2) is 23.0 Å². The lowest BCUT2D eigenvalue weighted by molar-refractivity contribution is 0.235. The van der Waals surface area contributed by atoms with E-state index in [4.69, 9.17) is 18.4 Å². The van der Waals surface area contributed by atoms with Crippen LogP contribution in [0.15, 0.2) is 36.4 Å². The summed E-state index contributed by atoms with van der Waals surface area (Å²) in [5.74, 6) is 1.44. The molecule has 2 rings (SSSR count). The molecule has 0 fully saturated rings. The molecule has 0 saturated carbocycles. The van der Waals surface area contributed by atoms with Gasteiger partial charge in [-0.15, -0.1) is 12.4 Å². The van der Waals surface area contributed by atoms with E-state index < -0.39 is 20.1 Å². The molecule has 0 radical (unpaired) electrons. The minimum Gasteiger partial charge on any atom is -0.493 e. The second-order valence-corrected chi connectivity index (χ2v) is 10.7. The Morgan fingerprint density at radius 2 is 1.50 bits per heavy atom. The number of rotatable bonds is 13. The maximum atomic E-state index is 11.6. The van der Waals surface area contributed by atoms with Gasteiger partial charge in [0.05, 0.1) is 32.4 Å². The first-order valence-electron chi connectivity index (χ1n) is 9.93. The standard InChI is InChI=1S/C21H30N2O8S2.ClH/c1-23(11-10-16-6-8-18(28-2)20(14-16)29-3)12-13-30-19-9-7-17(22-32(4,24)25)15-21(19)31-33(5,26)27;/h6-9,14-15,22H,10-13H2,1-5H3;1H. The molecule has 34 heavy (non-hydrogen) atoms. The van der Waals surface area contributed by atoms with E-state index in [1.807, 2.05) is 25.2 Å². The Hall–Kier alpha value is -2.41. The molecule has 0 unspecified atom stereocenters. The summed E-state index contributed by atoms with van der Waals surface area (Å²) in [5, 5.41) is 0. The molecule has 192 valence electrons. The van der Waals surface area contributed by atoms with Gasteiger partial charge in [0, 0.05) is 19.2 Å². The largest absolute Gasteiger partial charge is 0.493 e. The fraction of sp³-hybridized carbons (Fsp3) is 0.429. The summed E-state index contributed by atoms with van der Waals surface area (Å²) < 4.78 is 69.6. The molecule has 10 nitrogen and oxygen atoms in total. The molecule has 2 aromatic rings. The quantitative estimate of drug-likeness (QED) is 0.383. The van der Waals surface area contributed by atoms with Crippen molar-refractivity contribution in [3.05, 3.63) is 42.0 Å². The van der Waals surface area contributed by atoms with Crippen LogP contribution in [0.1, 0.15) is 5.56 Å². The maximum absolute atomic E-state index is 11.6. The third-order valence-corrected chi connectivity index (χ3v) is 5.54. The molecule has 0 aliphatic heterocycles.